The SMILES string of the molecule is CCC(S)(S)CCCCC(=O)O.[H-].[Na+]. The third-order valence-corrected chi connectivity index (χ3v) is 2.86. The van der Waals surface area contributed by atoms with Gasteiger partial charge in [-0.3, -0.25) is 4.79 Å². The normalized spacial score (nSPS) is 10.7. The monoisotopic (exact) mass is 232 g/mol. The van der Waals surface area contributed by atoms with E-state index in [1.54, 1.807) is 0 Å². The van der Waals surface area contributed by atoms with Gasteiger partial charge in [-0.05, 0) is 19.3 Å². The van der Waals surface area contributed by atoms with Crippen molar-refractivity contribution in [1.82, 2.24) is 0 Å². The fourth-order valence-electron chi connectivity index (χ4n) is 0.861. The van der Waals surface area contributed by atoms with Gasteiger partial charge in [-0.1, -0.05) is 13.3 Å². The van der Waals surface area contributed by atoms with Crippen molar-refractivity contribution >= 4 is 31.2 Å². The quantitative estimate of drug-likeness (QED) is 0.255. The molecule has 0 aliphatic heterocycles. The molecule has 2 nitrogen and oxygen atoms in total. The molecule has 0 unspecified atom stereocenters. The minimum atomic E-state index is -0.726. The summed E-state index contributed by atoms with van der Waals surface area (Å²) in [5.41, 5.74) is 0. The number of unbranched alkanes of at least 4 members (excludes halogenated alkanes) is 1. The van der Waals surface area contributed by atoms with Gasteiger partial charge in [0.05, 0.1) is 4.08 Å². The van der Waals surface area contributed by atoms with Gasteiger partial charge >= 0.3 is 35.5 Å². The molecule has 0 radical (unpaired) electrons. The third-order valence-electron chi connectivity index (χ3n) is 1.78. The molecule has 0 aromatic carbocycles. The van der Waals surface area contributed by atoms with E-state index in [0.717, 1.165) is 25.7 Å². The van der Waals surface area contributed by atoms with Gasteiger partial charge in [-0.25, -0.2) is 0 Å². The van der Waals surface area contributed by atoms with Crippen molar-refractivity contribution in [3.05, 3.63) is 0 Å². The Morgan fingerprint density at radius 3 is 2.38 bits per heavy atom. The van der Waals surface area contributed by atoms with Crippen LogP contribution < -0.4 is 29.6 Å². The smallest absolute Gasteiger partial charge is 1.00 e. The number of rotatable bonds is 6. The number of carboxylic acids is 1. The van der Waals surface area contributed by atoms with Crippen molar-refractivity contribution in [3.63, 3.8) is 0 Å². The molecular formula is C8H17NaO2S2. The Bertz CT molecular complexity index is 156. The molecule has 0 amide bonds. The van der Waals surface area contributed by atoms with Crippen LogP contribution in [0.4, 0.5) is 0 Å². The van der Waals surface area contributed by atoms with E-state index < -0.39 is 5.97 Å². The molecule has 0 aromatic heterocycles. The molecule has 0 saturated carbocycles. The fraction of sp³-hybridized carbons (Fsp3) is 0.875. The van der Waals surface area contributed by atoms with Gasteiger partial charge in [0.15, 0.2) is 0 Å². The van der Waals surface area contributed by atoms with E-state index >= 15 is 0 Å². The second-order valence-corrected chi connectivity index (χ2v) is 5.00. The molecule has 0 aliphatic rings. The Morgan fingerprint density at radius 2 is 2.00 bits per heavy atom. The summed E-state index contributed by atoms with van der Waals surface area (Å²) in [5, 5.41) is 8.36. The van der Waals surface area contributed by atoms with Crippen LogP contribution in [-0.4, -0.2) is 15.2 Å². The van der Waals surface area contributed by atoms with Crippen molar-refractivity contribution in [1.29, 1.82) is 0 Å². The topological polar surface area (TPSA) is 37.3 Å². The Kier molecular flexibility index (Phi) is 10.8. The summed E-state index contributed by atoms with van der Waals surface area (Å²) < 4.78 is -0.224. The average molecular weight is 232 g/mol. The van der Waals surface area contributed by atoms with Crippen molar-refractivity contribution < 1.29 is 40.9 Å². The zero-order valence-electron chi connectivity index (χ0n) is 9.29. The van der Waals surface area contributed by atoms with Crippen LogP contribution in [0.2, 0.25) is 0 Å². The van der Waals surface area contributed by atoms with Gasteiger partial charge in [0, 0.05) is 6.42 Å². The molecule has 0 aliphatic carbocycles. The number of carbonyl (C=O) groups is 1. The molecule has 0 atom stereocenters. The maximum absolute atomic E-state index is 10.2. The van der Waals surface area contributed by atoms with Gasteiger partial charge in [0.25, 0.3) is 0 Å². The van der Waals surface area contributed by atoms with Gasteiger partial charge in [0.1, 0.15) is 0 Å². The molecular weight excluding hydrogens is 215 g/mol. The summed E-state index contributed by atoms with van der Waals surface area (Å²) in [5.74, 6) is -0.726. The third kappa shape index (κ3) is 11.1. The Labute approximate surface area is 114 Å². The summed E-state index contributed by atoms with van der Waals surface area (Å²) in [6.45, 7) is 2.02. The molecule has 0 heterocycles. The molecule has 0 saturated heterocycles. The van der Waals surface area contributed by atoms with E-state index in [9.17, 15) is 4.79 Å². The van der Waals surface area contributed by atoms with Crippen LogP contribution in [0.15, 0.2) is 0 Å². The standard InChI is InChI=1S/C8H16O2S2.Na.H/c1-2-8(11,12)6-4-3-5-7(9)10;;/h11-12H,2-6H2,1H3,(H,9,10);;/q;+1;-1. The molecule has 0 aromatic rings. The van der Waals surface area contributed by atoms with Crippen LogP contribution in [0.25, 0.3) is 0 Å². The van der Waals surface area contributed by atoms with Crippen molar-refractivity contribution in [2.45, 2.75) is 43.1 Å². The minimum absolute atomic E-state index is 0. The minimum Gasteiger partial charge on any atom is -1.00 e. The fourth-order valence-corrected chi connectivity index (χ4v) is 1.18. The number of thiol groups is 2. The van der Waals surface area contributed by atoms with Gasteiger partial charge in [0.2, 0.25) is 0 Å². The first-order valence-electron chi connectivity index (χ1n) is 4.14. The van der Waals surface area contributed by atoms with E-state index in [4.69, 9.17) is 5.11 Å². The van der Waals surface area contributed by atoms with Crippen LogP contribution in [0.5, 0.6) is 0 Å². The number of hydrogen-bond donors (Lipinski definition) is 3. The molecule has 74 valence electrons. The van der Waals surface area contributed by atoms with Crippen LogP contribution in [0.3, 0.4) is 0 Å². The zero-order chi connectivity index (χ0) is 9.61. The van der Waals surface area contributed by atoms with Gasteiger partial charge in [-0.15, -0.1) is 0 Å². The first-order valence-corrected chi connectivity index (χ1v) is 5.04. The molecule has 5 heteroatoms. The van der Waals surface area contributed by atoms with Crippen molar-refractivity contribution in [3.8, 4) is 0 Å². The van der Waals surface area contributed by atoms with E-state index in [1.807, 2.05) is 6.92 Å². The zero-order valence-corrected chi connectivity index (χ0v) is 12.1. The summed E-state index contributed by atoms with van der Waals surface area (Å²) >= 11 is 8.66. The number of aliphatic carboxylic acids is 1. The van der Waals surface area contributed by atoms with Crippen LogP contribution in [0.1, 0.15) is 40.5 Å². The first-order chi connectivity index (χ1) is 5.48. The summed E-state index contributed by atoms with van der Waals surface area (Å²) in [7, 11) is 0. The van der Waals surface area contributed by atoms with Crippen molar-refractivity contribution in [2.24, 2.45) is 0 Å². The van der Waals surface area contributed by atoms with Crippen LogP contribution in [-0.2, 0) is 4.79 Å². The number of carboxylic acid groups (broad SMARTS) is 1. The molecule has 0 spiro atoms. The van der Waals surface area contributed by atoms with Crippen LogP contribution >= 0.6 is 25.3 Å². The number of hydrogen-bond acceptors (Lipinski definition) is 3. The van der Waals surface area contributed by atoms with Crippen LogP contribution in [0, 0.1) is 0 Å². The van der Waals surface area contributed by atoms with E-state index in [1.165, 1.54) is 0 Å². The summed E-state index contributed by atoms with van der Waals surface area (Å²) in [4.78, 5) is 10.2. The molecule has 0 bridgehead atoms. The molecule has 13 heavy (non-hydrogen) atoms. The molecule has 0 rings (SSSR count). The average Bonchev–Trinajstić information content (AvgIpc) is 1.98. The van der Waals surface area contributed by atoms with Gasteiger partial charge in [-0.2, -0.15) is 25.3 Å². The largest absolute Gasteiger partial charge is 1.00 e. The maximum Gasteiger partial charge on any atom is 1.00 e. The second-order valence-electron chi connectivity index (χ2n) is 2.94. The predicted molar refractivity (Wildman–Crippen MR) is 58.2 cm³/mol. The predicted octanol–water partition coefficient (Wildman–Crippen LogP) is -0.286. The van der Waals surface area contributed by atoms with Gasteiger partial charge < -0.3 is 6.53 Å². The second kappa shape index (κ2) is 8.48. The Balaban J connectivity index is -0.000000605. The Morgan fingerprint density at radius 1 is 1.46 bits per heavy atom. The summed E-state index contributed by atoms with van der Waals surface area (Å²) in [6, 6.07) is 0. The summed E-state index contributed by atoms with van der Waals surface area (Å²) in [6.07, 6.45) is 3.61. The van der Waals surface area contributed by atoms with E-state index in [2.05, 4.69) is 25.3 Å². The van der Waals surface area contributed by atoms with Crippen molar-refractivity contribution in [2.75, 3.05) is 0 Å². The molecule has 1 N–H and O–H groups in total. The molecule has 0 fully saturated rings. The Hall–Kier alpha value is 1.17. The maximum atomic E-state index is 10.2. The first kappa shape index (κ1) is 16.6. The van der Waals surface area contributed by atoms with E-state index in [0.29, 0.717) is 0 Å². The van der Waals surface area contributed by atoms with E-state index in [-0.39, 0.29) is 41.5 Å².